The van der Waals surface area contributed by atoms with Gasteiger partial charge in [-0.25, -0.2) is 0 Å². The molecule has 6 heteroatoms. The Balaban J connectivity index is 1.03. The second-order valence-corrected chi connectivity index (χ2v) is 15.4. The maximum absolute atomic E-state index is 6.69. The summed E-state index contributed by atoms with van der Waals surface area (Å²) in [6, 6.07) is 50.0. The van der Waals surface area contributed by atoms with Gasteiger partial charge in [0.1, 0.15) is 0 Å². The molecule has 0 fully saturated rings. The van der Waals surface area contributed by atoms with Gasteiger partial charge in [-0.3, -0.25) is 0 Å². The first-order chi connectivity index (χ1) is 26.5. The molecule has 13 rings (SSSR count). The number of ether oxygens (including phenoxy) is 1. The molecule has 0 saturated carbocycles. The van der Waals surface area contributed by atoms with Gasteiger partial charge in [-0.05, 0) is 25.0 Å². The van der Waals surface area contributed by atoms with Gasteiger partial charge in [0.05, 0.1) is 0 Å². The molecule has 5 aromatic carbocycles. The first-order valence-electron chi connectivity index (χ1n) is 18.6. The minimum Gasteiger partial charge on any atom is -0.0622 e. The van der Waals surface area contributed by atoms with E-state index in [-0.39, 0.29) is 0 Å². The molecule has 0 N–H and O–H groups in total. The Morgan fingerprint density at radius 3 is 2.17 bits per heavy atom. The Kier molecular flexibility index (Phi) is 8.07. The number of para-hydroxylation sites is 1. The molecule has 0 radical (unpaired) electrons. The van der Waals surface area contributed by atoms with Gasteiger partial charge in [0.25, 0.3) is 0 Å². The SMILES string of the molecule is Cc1cc(-n2c3ccccc3c3ccc(Oc4cccc(-n5cc6c7ccc(n6[c]5=[Pt])CCc5ccc(cc5)CC7)c4)cc32)nc(C)c1-c1ccccc1. The van der Waals surface area contributed by atoms with Crippen LogP contribution >= 0.6 is 0 Å². The zero-order valence-electron chi connectivity index (χ0n) is 30.2. The fraction of sp³-hybridized carbons (Fsp3) is 0.125. The van der Waals surface area contributed by atoms with Gasteiger partial charge in [0.15, 0.2) is 0 Å². The third-order valence-electron chi connectivity index (χ3n) is 11.0. The van der Waals surface area contributed by atoms with E-state index in [1.807, 2.05) is 6.07 Å². The predicted octanol–water partition coefficient (Wildman–Crippen LogP) is 11.3. The summed E-state index contributed by atoms with van der Waals surface area (Å²) in [6.45, 7) is 4.29. The fourth-order valence-electron chi connectivity index (χ4n) is 8.34. The van der Waals surface area contributed by atoms with E-state index in [9.17, 15) is 0 Å². The van der Waals surface area contributed by atoms with Gasteiger partial charge >= 0.3 is 248 Å². The first kappa shape index (κ1) is 32.8. The summed E-state index contributed by atoms with van der Waals surface area (Å²) in [5, 5.41) is 2.36. The zero-order chi connectivity index (χ0) is 36.3. The quantitative estimate of drug-likeness (QED) is 0.173. The van der Waals surface area contributed by atoms with Crippen LogP contribution in [0.4, 0.5) is 0 Å². The minimum absolute atomic E-state index is 0.780. The summed E-state index contributed by atoms with van der Waals surface area (Å²) >= 11 is 2.49. The Labute approximate surface area is 325 Å². The van der Waals surface area contributed by atoms with Crippen molar-refractivity contribution in [1.82, 2.24) is 18.5 Å². The molecule has 4 aliphatic rings. The molecule has 2 aliphatic heterocycles. The number of fused-ring (bicyclic) bond motifs is 3. The minimum atomic E-state index is 0.780. The van der Waals surface area contributed by atoms with E-state index in [1.54, 1.807) is 0 Å². The van der Waals surface area contributed by atoms with E-state index >= 15 is 0 Å². The van der Waals surface area contributed by atoms with Gasteiger partial charge in [0, 0.05) is 11.3 Å². The van der Waals surface area contributed by atoms with Crippen molar-refractivity contribution in [2.75, 3.05) is 0 Å². The fourth-order valence-corrected chi connectivity index (χ4v) is 9.38. The summed E-state index contributed by atoms with van der Waals surface area (Å²) < 4.78 is 14.9. The summed E-state index contributed by atoms with van der Waals surface area (Å²) in [4.78, 5) is 5.20. The number of pyridine rings is 2. The van der Waals surface area contributed by atoms with Gasteiger partial charge in [-0.2, -0.15) is 0 Å². The molecule has 266 valence electrons. The molecule has 4 bridgehead atoms. The van der Waals surface area contributed by atoms with Crippen molar-refractivity contribution in [3.63, 3.8) is 0 Å². The van der Waals surface area contributed by atoms with Crippen LogP contribution < -0.4 is 4.74 Å². The van der Waals surface area contributed by atoms with Gasteiger partial charge in [-0.1, -0.05) is 42.5 Å². The van der Waals surface area contributed by atoms with E-state index in [4.69, 9.17) is 9.72 Å². The van der Waals surface area contributed by atoms with Crippen molar-refractivity contribution >= 4 is 27.3 Å². The van der Waals surface area contributed by atoms with E-state index < -0.39 is 0 Å². The molecule has 9 aromatic rings. The molecule has 0 spiro atoms. The molecular weight excluding hydrogens is 844 g/mol. The summed E-state index contributed by atoms with van der Waals surface area (Å²) in [5.41, 5.74) is 14.6. The summed E-state index contributed by atoms with van der Waals surface area (Å²) in [6.07, 6.45) is 6.33. The van der Waals surface area contributed by atoms with Crippen LogP contribution in [-0.2, 0) is 45.0 Å². The van der Waals surface area contributed by atoms with Crippen LogP contribution in [0.2, 0.25) is 0 Å². The van der Waals surface area contributed by atoms with Crippen molar-refractivity contribution < 1.29 is 24.1 Å². The Hall–Kier alpha value is -5.77. The Morgan fingerprint density at radius 1 is 0.611 bits per heavy atom. The normalized spacial score (nSPS) is 12.8. The van der Waals surface area contributed by atoms with E-state index in [1.165, 1.54) is 55.4 Å². The van der Waals surface area contributed by atoms with Gasteiger partial charge in [0.2, 0.25) is 0 Å². The number of rotatable bonds is 5. The number of aromatic nitrogens is 4. The molecule has 54 heavy (non-hydrogen) atoms. The molecule has 0 atom stereocenters. The van der Waals surface area contributed by atoms with Crippen LogP contribution in [0, 0.1) is 17.7 Å². The molecule has 0 unspecified atom stereocenters. The van der Waals surface area contributed by atoms with E-state index in [2.05, 4.69) is 186 Å². The average Bonchev–Trinajstić information content (AvgIpc) is 3.71. The van der Waals surface area contributed by atoms with Crippen LogP contribution in [0.3, 0.4) is 0 Å². The summed E-state index contributed by atoms with van der Waals surface area (Å²) in [5.74, 6) is 2.47. The number of hydrogen-bond donors (Lipinski definition) is 0. The second kappa shape index (κ2) is 13.3. The Bertz CT molecular complexity index is 2930. The zero-order valence-corrected chi connectivity index (χ0v) is 32.5. The molecule has 6 heterocycles. The van der Waals surface area contributed by atoms with Crippen LogP contribution in [0.15, 0.2) is 146 Å². The van der Waals surface area contributed by atoms with Crippen molar-refractivity contribution in [3.05, 3.63) is 183 Å². The number of benzene rings is 5. The average molecular weight is 882 g/mol. The number of nitrogens with zero attached hydrogens (tertiary/aromatic N) is 4. The number of aryl methyl sites for hydroxylation is 6. The molecule has 5 nitrogen and oxygen atoms in total. The number of imidazole rings is 1. The third kappa shape index (κ3) is 5.66. The van der Waals surface area contributed by atoms with Crippen molar-refractivity contribution in [1.29, 1.82) is 0 Å². The van der Waals surface area contributed by atoms with E-state index in [0.29, 0.717) is 0 Å². The van der Waals surface area contributed by atoms with Crippen molar-refractivity contribution in [2.24, 2.45) is 0 Å². The van der Waals surface area contributed by atoms with Crippen LogP contribution in [0.1, 0.15) is 33.6 Å². The monoisotopic (exact) mass is 881 g/mol. The predicted molar refractivity (Wildman–Crippen MR) is 215 cm³/mol. The maximum atomic E-state index is 6.69. The molecule has 4 aromatic heterocycles. The standard InChI is InChI=1S/C48H38N4O.Pt/c1-32-27-47(49-33(2)48(32)37-9-4-3-5-10-37)52-44-14-7-6-13-42(44)43-26-25-41(29-45(43)52)53-40-12-8-11-39(28-40)50-30-46-36-21-19-34-15-17-35(18-16-34)20-23-38(24-22-36)51(46)31-50;/h3-18,22,24-30H,19-21,23H2,1-2H3;. The van der Waals surface area contributed by atoms with E-state index in [0.717, 1.165) is 69.2 Å². The summed E-state index contributed by atoms with van der Waals surface area (Å²) in [7, 11) is 0. The smallest absolute Gasteiger partial charge is 0.0622 e. The van der Waals surface area contributed by atoms with Crippen LogP contribution in [-0.4, -0.2) is 18.5 Å². The molecule has 0 amide bonds. The van der Waals surface area contributed by atoms with Crippen LogP contribution in [0.5, 0.6) is 11.5 Å². The van der Waals surface area contributed by atoms with Gasteiger partial charge in [-0.15, -0.1) is 0 Å². The molecular formula is C48H38N4OPt. The topological polar surface area (TPSA) is 36.4 Å². The second-order valence-electron chi connectivity index (χ2n) is 14.4. The van der Waals surface area contributed by atoms with Gasteiger partial charge < -0.3 is 0 Å². The third-order valence-corrected chi connectivity index (χ3v) is 12.0. The van der Waals surface area contributed by atoms with Crippen LogP contribution in [0.25, 0.3) is 50.0 Å². The first-order valence-corrected chi connectivity index (χ1v) is 19.8. The van der Waals surface area contributed by atoms with Crippen molar-refractivity contribution in [3.8, 4) is 34.1 Å². The van der Waals surface area contributed by atoms with Crippen molar-refractivity contribution in [2.45, 2.75) is 39.5 Å². The Morgan fingerprint density at radius 2 is 1.35 bits per heavy atom. The molecule has 2 aliphatic carbocycles. The molecule has 0 saturated heterocycles. The number of hydrogen-bond acceptors (Lipinski definition) is 2.